The molecule has 0 radical (unpaired) electrons. The maximum Gasteiger partial charge on any atom is 0.0638 e. The summed E-state index contributed by atoms with van der Waals surface area (Å²) < 4.78 is 0. The van der Waals surface area contributed by atoms with E-state index in [1.165, 1.54) is 32.4 Å². The molecule has 0 spiro atoms. The van der Waals surface area contributed by atoms with Crippen LogP contribution in [-0.2, 0) is 0 Å². The van der Waals surface area contributed by atoms with Gasteiger partial charge in [-0.1, -0.05) is 13.3 Å². The largest absolute Gasteiger partial charge is 0.302 e. The highest BCUT2D eigenvalue weighted by Gasteiger charge is 2.25. The molecule has 92 valence electrons. The van der Waals surface area contributed by atoms with Crippen molar-refractivity contribution in [2.45, 2.75) is 51.6 Å². The molecular weight excluding hydrogens is 198 g/mol. The molecular formula is C13H25N3. The summed E-state index contributed by atoms with van der Waals surface area (Å²) in [4.78, 5) is 4.92. The van der Waals surface area contributed by atoms with Gasteiger partial charge < -0.3 is 4.90 Å². The van der Waals surface area contributed by atoms with E-state index < -0.39 is 0 Å². The first-order chi connectivity index (χ1) is 7.69. The fraction of sp³-hybridized carbons (Fsp3) is 0.923. The third-order valence-electron chi connectivity index (χ3n) is 3.76. The first kappa shape index (κ1) is 13.5. The second-order valence-electron chi connectivity index (χ2n) is 4.97. The quantitative estimate of drug-likeness (QED) is 0.731. The summed E-state index contributed by atoms with van der Waals surface area (Å²) in [5.74, 6) is 0. The summed E-state index contributed by atoms with van der Waals surface area (Å²) in [6.07, 6.45) is 4.41. The lowest BCUT2D eigenvalue weighted by molar-refractivity contribution is 0.177. The summed E-state index contributed by atoms with van der Waals surface area (Å²) in [6, 6.07) is 3.34. The zero-order valence-electron chi connectivity index (χ0n) is 10.9. The molecule has 0 saturated carbocycles. The van der Waals surface area contributed by atoms with E-state index >= 15 is 0 Å². The number of unbranched alkanes of at least 4 members (excludes halogenated alkanes) is 1. The summed E-state index contributed by atoms with van der Waals surface area (Å²) in [7, 11) is 2.16. The van der Waals surface area contributed by atoms with E-state index in [0.717, 1.165) is 6.54 Å². The Morgan fingerprint density at radius 1 is 1.44 bits per heavy atom. The molecule has 0 aliphatic carbocycles. The van der Waals surface area contributed by atoms with Crippen LogP contribution < -0.4 is 0 Å². The van der Waals surface area contributed by atoms with Gasteiger partial charge in [-0.05, 0) is 39.9 Å². The van der Waals surface area contributed by atoms with Crippen LogP contribution in [0.15, 0.2) is 0 Å². The highest BCUT2D eigenvalue weighted by atomic mass is 15.2. The Balaban J connectivity index is 2.55. The van der Waals surface area contributed by atoms with Crippen LogP contribution in [0.3, 0.4) is 0 Å². The van der Waals surface area contributed by atoms with Crippen molar-refractivity contribution in [3.63, 3.8) is 0 Å². The predicted octanol–water partition coefficient (Wildman–Crippen LogP) is 2.09. The van der Waals surface area contributed by atoms with Crippen LogP contribution in [0.1, 0.15) is 39.5 Å². The molecule has 16 heavy (non-hydrogen) atoms. The number of likely N-dealkylation sites (N-methyl/N-ethyl adjacent to an activating group) is 1. The molecule has 0 N–H and O–H groups in total. The van der Waals surface area contributed by atoms with Gasteiger partial charge in [0.05, 0.1) is 12.5 Å². The van der Waals surface area contributed by atoms with E-state index in [9.17, 15) is 0 Å². The van der Waals surface area contributed by atoms with Crippen LogP contribution in [-0.4, -0.2) is 48.6 Å². The van der Waals surface area contributed by atoms with Gasteiger partial charge in [-0.15, -0.1) is 0 Å². The number of nitrogens with zero attached hydrogens (tertiary/aromatic N) is 3. The molecule has 1 aliphatic rings. The van der Waals surface area contributed by atoms with Crippen LogP contribution in [0.4, 0.5) is 0 Å². The molecule has 0 aromatic rings. The van der Waals surface area contributed by atoms with Gasteiger partial charge >= 0.3 is 0 Å². The van der Waals surface area contributed by atoms with Gasteiger partial charge in [0.15, 0.2) is 0 Å². The van der Waals surface area contributed by atoms with E-state index in [1.54, 1.807) is 0 Å². The van der Waals surface area contributed by atoms with E-state index in [2.05, 4.69) is 36.8 Å². The lowest BCUT2D eigenvalue weighted by Crippen LogP contribution is -2.41. The van der Waals surface area contributed by atoms with Crippen molar-refractivity contribution in [3.8, 4) is 6.07 Å². The van der Waals surface area contributed by atoms with Gasteiger partial charge in [0.1, 0.15) is 0 Å². The number of hydrogen-bond acceptors (Lipinski definition) is 3. The van der Waals surface area contributed by atoms with Gasteiger partial charge in [-0.3, -0.25) is 4.90 Å². The van der Waals surface area contributed by atoms with E-state index in [1.807, 2.05) is 0 Å². The van der Waals surface area contributed by atoms with Crippen molar-refractivity contribution in [1.29, 1.82) is 5.26 Å². The standard InChI is InChI=1S/C13H25N3/c1-4-5-9-16-10-7-12(2)15(3)13(11-16)6-8-14/h12-13H,4-7,9-11H2,1-3H3. The normalized spacial score (nSPS) is 28.6. The Kier molecular flexibility index (Phi) is 5.79. The molecule has 0 amide bonds. The second-order valence-corrected chi connectivity index (χ2v) is 4.97. The van der Waals surface area contributed by atoms with Crippen LogP contribution in [0.5, 0.6) is 0 Å². The Morgan fingerprint density at radius 2 is 2.19 bits per heavy atom. The molecule has 1 fully saturated rings. The molecule has 1 saturated heterocycles. The smallest absolute Gasteiger partial charge is 0.0638 e. The van der Waals surface area contributed by atoms with Crippen molar-refractivity contribution in [3.05, 3.63) is 0 Å². The minimum absolute atomic E-state index is 0.416. The summed E-state index contributed by atoms with van der Waals surface area (Å²) in [5, 5.41) is 8.88. The number of nitriles is 1. The number of rotatable bonds is 4. The van der Waals surface area contributed by atoms with E-state index in [0.29, 0.717) is 18.5 Å². The Labute approximate surface area is 100 Å². The second kappa shape index (κ2) is 6.88. The SMILES string of the molecule is CCCCN1CCC(C)N(C)C(CC#N)C1. The van der Waals surface area contributed by atoms with E-state index in [4.69, 9.17) is 5.26 Å². The lowest BCUT2D eigenvalue weighted by atomic mass is 10.1. The molecule has 0 aromatic carbocycles. The maximum atomic E-state index is 8.88. The molecule has 1 heterocycles. The maximum absolute atomic E-state index is 8.88. The monoisotopic (exact) mass is 223 g/mol. The average Bonchev–Trinajstić information content (AvgIpc) is 2.41. The zero-order chi connectivity index (χ0) is 12.0. The van der Waals surface area contributed by atoms with E-state index in [-0.39, 0.29) is 0 Å². The van der Waals surface area contributed by atoms with Crippen LogP contribution in [0, 0.1) is 11.3 Å². The first-order valence-corrected chi connectivity index (χ1v) is 6.50. The molecule has 1 aliphatic heterocycles. The fourth-order valence-corrected chi connectivity index (χ4v) is 2.35. The lowest BCUT2D eigenvalue weighted by Gasteiger charge is -2.30. The van der Waals surface area contributed by atoms with Gasteiger partial charge in [-0.2, -0.15) is 5.26 Å². The van der Waals surface area contributed by atoms with Crippen molar-refractivity contribution in [1.82, 2.24) is 9.80 Å². The fourth-order valence-electron chi connectivity index (χ4n) is 2.35. The summed E-state index contributed by atoms with van der Waals surface area (Å²) in [5.41, 5.74) is 0. The van der Waals surface area contributed by atoms with Crippen LogP contribution in [0.25, 0.3) is 0 Å². The Bertz CT molecular complexity index is 234. The van der Waals surface area contributed by atoms with Gasteiger partial charge in [-0.25, -0.2) is 0 Å². The van der Waals surface area contributed by atoms with Gasteiger partial charge in [0.25, 0.3) is 0 Å². The Morgan fingerprint density at radius 3 is 2.81 bits per heavy atom. The van der Waals surface area contributed by atoms with Gasteiger partial charge in [0, 0.05) is 18.6 Å². The van der Waals surface area contributed by atoms with Crippen molar-refractivity contribution >= 4 is 0 Å². The molecule has 2 unspecified atom stereocenters. The highest BCUT2D eigenvalue weighted by molar-refractivity contribution is 4.88. The van der Waals surface area contributed by atoms with Gasteiger partial charge in [0.2, 0.25) is 0 Å². The predicted molar refractivity (Wildman–Crippen MR) is 67.2 cm³/mol. The van der Waals surface area contributed by atoms with Crippen molar-refractivity contribution in [2.75, 3.05) is 26.7 Å². The van der Waals surface area contributed by atoms with Crippen molar-refractivity contribution < 1.29 is 0 Å². The summed E-state index contributed by atoms with van der Waals surface area (Å²) in [6.45, 7) is 7.95. The summed E-state index contributed by atoms with van der Waals surface area (Å²) >= 11 is 0. The molecule has 2 atom stereocenters. The number of hydrogen-bond donors (Lipinski definition) is 0. The van der Waals surface area contributed by atoms with Crippen LogP contribution >= 0.6 is 0 Å². The third-order valence-corrected chi connectivity index (χ3v) is 3.76. The molecule has 3 heteroatoms. The Hall–Kier alpha value is -0.590. The molecule has 0 bridgehead atoms. The minimum atomic E-state index is 0.416. The zero-order valence-corrected chi connectivity index (χ0v) is 10.9. The highest BCUT2D eigenvalue weighted by Crippen LogP contribution is 2.16. The molecule has 1 rings (SSSR count). The van der Waals surface area contributed by atoms with Crippen molar-refractivity contribution in [2.24, 2.45) is 0 Å². The minimum Gasteiger partial charge on any atom is -0.302 e. The third kappa shape index (κ3) is 3.77. The average molecular weight is 223 g/mol. The van der Waals surface area contributed by atoms with Crippen LogP contribution in [0.2, 0.25) is 0 Å². The first-order valence-electron chi connectivity index (χ1n) is 6.50. The molecule has 0 aromatic heterocycles. The topological polar surface area (TPSA) is 30.3 Å². The molecule has 3 nitrogen and oxygen atoms in total.